The number of esters is 2. The summed E-state index contributed by atoms with van der Waals surface area (Å²) in [6.07, 6.45) is 0.389. The predicted octanol–water partition coefficient (Wildman–Crippen LogP) is 2.51. The van der Waals surface area contributed by atoms with Gasteiger partial charge in [-0.05, 0) is 32.1 Å². The van der Waals surface area contributed by atoms with Crippen molar-refractivity contribution in [1.29, 1.82) is 0 Å². The fourth-order valence-electron chi connectivity index (χ4n) is 1.25. The largest absolute Gasteiger partial charge is 0.466 e. The second kappa shape index (κ2) is 10.6. The summed E-state index contributed by atoms with van der Waals surface area (Å²) in [5.41, 5.74) is -2.59. The number of hydrogen-bond donors (Lipinski definition) is 0. The van der Waals surface area contributed by atoms with Crippen LogP contribution < -0.4 is 0 Å². The van der Waals surface area contributed by atoms with Gasteiger partial charge in [0.2, 0.25) is 5.69 Å². The standard InChI is InChI=1S/C11H21O6PS2/c1-5-16-10(12)8-7-9(11(13)17-6-2)20-18(19,14-3)15-4/h9H,5-8H2,1-4H3. The van der Waals surface area contributed by atoms with Gasteiger partial charge < -0.3 is 18.5 Å². The van der Waals surface area contributed by atoms with E-state index in [1.165, 1.54) is 14.2 Å². The molecule has 0 heterocycles. The van der Waals surface area contributed by atoms with Crippen molar-refractivity contribution in [2.75, 3.05) is 27.4 Å². The van der Waals surface area contributed by atoms with Crippen molar-refractivity contribution in [3.8, 4) is 0 Å². The van der Waals surface area contributed by atoms with Crippen LogP contribution >= 0.6 is 17.1 Å². The van der Waals surface area contributed by atoms with Gasteiger partial charge in [0, 0.05) is 20.6 Å². The van der Waals surface area contributed by atoms with Crippen LogP contribution in [0.2, 0.25) is 0 Å². The number of rotatable bonds is 10. The Labute approximate surface area is 128 Å². The van der Waals surface area contributed by atoms with Crippen LogP contribution in [-0.4, -0.2) is 44.6 Å². The molecule has 6 nitrogen and oxygen atoms in total. The Balaban J connectivity index is 4.69. The van der Waals surface area contributed by atoms with E-state index in [-0.39, 0.29) is 25.4 Å². The van der Waals surface area contributed by atoms with Gasteiger partial charge in [-0.1, -0.05) is 11.4 Å². The van der Waals surface area contributed by atoms with Crippen LogP contribution in [0.1, 0.15) is 26.7 Å². The fraction of sp³-hybridized carbons (Fsp3) is 0.818. The molecule has 0 aliphatic carbocycles. The van der Waals surface area contributed by atoms with E-state index >= 15 is 0 Å². The molecule has 0 aromatic rings. The Bertz CT molecular complexity index is 355. The lowest BCUT2D eigenvalue weighted by Crippen LogP contribution is -2.22. The lowest BCUT2D eigenvalue weighted by atomic mass is 10.2. The summed E-state index contributed by atoms with van der Waals surface area (Å²) in [6.45, 7) is 4.02. The summed E-state index contributed by atoms with van der Waals surface area (Å²) in [4.78, 5) is 23.3. The van der Waals surface area contributed by atoms with Crippen LogP contribution in [0.4, 0.5) is 0 Å². The first-order valence-corrected chi connectivity index (χ1v) is 10.3. The van der Waals surface area contributed by atoms with Crippen molar-refractivity contribution in [2.24, 2.45) is 0 Å². The van der Waals surface area contributed by atoms with Gasteiger partial charge in [0.05, 0.1) is 13.2 Å². The number of carbonyl (C=O) groups excluding carboxylic acids is 2. The van der Waals surface area contributed by atoms with E-state index in [0.717, 1.165) is 11.4 Å². The molecule has 1 unspecified atom stereocenters. The fourth-order valence-corrected chi connectivity index (χ4v) is 5.22. The molecule has 0 aliphatic heterocycles. The lowest BCUT2D eigenvalue weighted by molar-refractivity contribution is -0.144. The minimum atomic E-state index is -2.59. The smallest absolute Gasteiger partial charge is 0.319 e. The van der Waals surface area contributed by atoms with Gasteiger partial charge in [-0.15, -0.1) is 0 Å². The number of carbonyl (C=O) groups is 2. The maximum atomic E-state index is 11.9. The van der Waals surface area contributed by atoms with E-state index in [1.807, 2.05) is 0 Å². The van der Waals surface area contributed by atoms with Gasteiger partial charge in [-0.3, -0.25) is 9.59 Å². The zero-order chi connectivity index (χ0) is 15.6. The molecular formula is C11H21O6PS2. The molecule has 0 aliphatic rings. The van der Waals surface area contributed by atoms with Crippen LogP contribution in [0, 0.1) is 0 Å². The summed E-state index contributed by atoms with van der Waals surface area (Å²) < 4.78 is 20.1. The third-order valence-corrected chi connectivity index (χ3v) is 8.11. The van der Waals surface area contributed by atoms with E-state index in [9.17, 15) is 9.59 Å². The van der Waals surface area contributed by atoms with Gasteiger partial charge >= 0.3 is 11.9 Å². The highest BCUT2D eigenvalue weighted by molar-refractivity contribution is 8.68. The predicted molar refractivity (Wildman–Crippen MR) is 82.2 cm³/mol. The van der Waals surface area contributed by atoms with Crippen molar-refractivity contribution in [2.45, 2.75) is 31.9 Å². The first-order valence-electron chi connectivity index (χ1n) is 6.14. The second-order valence-electron chi connectivity index (χ2n) is 3.50. The van der Waals surface area contributed by atoms with Crippen molar-refractivity contribution in [3.63, 3.8) is 0 Å². The zero-order valence-electron chi connectivity index (χ0n) is 12.1. The Morgan fingerprint density at radius 1 is 1.15 bits per heavy atom. The molecule has 20 heavy (non-hydrogen) atoms. The third kappa shape index (κ3) is 7.59. The Kier molecular flexibility index (Phi) is 10.5. The maximum Gasteiger partial charge on any atom is 0.319 e. The molecule has 0 radical (unpaired) electrons. The molecular weight excluding hydrogens is 323 g/mol. The highest BCUT2D eigenvalue weighted by Crippen LogP contribution is 2.62. The van der Waals surface area contributed by atoms with Crippen molar-refractivity contribution < 1.29 is 28.1 Å². The molecule has 0 saturated carbocycles. The Hall–Kier alpha value is -0.140. The number of hydrogen-bond acceptors (Lipinski definition) is 8. The van der Waals surface area contributed by atoms with Crippen LogP contribution in [0.15, 0.2) is 0 Å². The van der Waals surface area contributed by atoms with Crippen molar-refractivity contribution in [3.05, 3.63) is 0 Å². The van der Waals surface area contributed by atoms with E-state index in [0.29, 0.717) is 6.61 Å². The third-order valence-electron chi connectivity index (χ3n) is 2.17. The van der Waals surface area contributed by atoms with E-state index in [4.69, 9.17) is 30.3 Å². The van der Waals surface area contributed by atoms with Crippen LogP contribution in [0.3, 0.4) is 0 Å². The lowest BCUT2D eigenvalue weighted by Gasteiger charge is -2.22. The molecule has 0 bridgehead atoms. The first kappa shape index (κ1) is 19.9. The highest BCUT2D eigenvalue weighted by Gasteiger charge is 2.30. The average Bonchev–Trinajstić information content (AvgIpc) is 2.43. The molecule has 0 rings (SSSR count). The molecule has 0 aromatic heterocycles. The molecule has 0 spiro atoms. The van der Waals surface area contributed by atoms with Crippen molar-refractivity contribution in [1.82, 2.24) is 0 Å². The molecule has 0 saturated heterocycles. The zero-order valence-corrected chi connectivity index (χ0v) is 14.6. The molecule has 1 atom stereocenters. The minimum absolute atomic E-state index is 0.118. The quantitative estimate of drug-likeness (QED) is 0.442. The monoisotopic (exact) mass is 344 g/mol. The average molecular weight is 344 g/mol. The Morgan fingerprint density at radius 2 is 1.70 bits per heavy atom. The molecule has 0 amide bonds. The van der Waals surface area contributed by atoms with Crippen LogP contribution in [0.5, 0.6) is 0 Å². The van der Waals surface area contributed by atoms with Gasteiger partial charge in [0.1, 0.15) is 5.25 Å². The SMILES string of the molecule is CCOC(=O)CCC(SP(=S)(OC)OC)C(=O)OCC. The molecule has 118 valence electrons. The van der Waals surface area contributed by atoms with E-state index in [1.54, 1.807) is 13.8 Å². The summed E-state index contributed by atoms with van der Waals surface area (Å²) >= 11 is 6.32. The molecule has 0 N–H and O–H groups in total. The van der Waals surface area contributed by atoms with Gasteiger partial charge in [0.15, 0.2) is 0 Å². The van der Waals surface area contributed by atoms with Gasteiger partial charge in [-0.25, -0.2) is 0 Å². The molecule has 9 heteroatoms. The van der Waals surface area contributed by atoms with Gasteiger partial charge in [-0.2, -0.15) is 0 Å². The van der Waals surface area contributed by atoms with E-state index in [2.05, 4.69) is 0 Å². The minimum Gasteiger partial charge on any atom is -0.466 e. The normalized spacial score (nSPS) is 12.8. The van der Waals surface area contributed by atoms with Crippen LogP contribution in [-0.2, 0) is 39.9 Å². The first-order chi connectivity index (χ1) is 9.42. The molecule has 0 fully saturated rings. The van der Waals surface area contributed by atoms with Crippen molar-refractivity contribution >= 4 is 40.8 Å². The molecule has 0 aromatic carbocycles. The summed E-state index contributed by atoms with van der Waals surface area (Å²) in [7, 11) is 2.87. The van der Waals surface area contributed by atoms with E-state index < -0.39 is 16.9 Å². The summed E-state index contributed by atoms with van der Waals surface area (Å²) in [6, 6.07) is 0. The topological polar surface area (TPSA) is 71.1 Å². The summed E-state index contributed by atoms with van der Waals surface area (Å²) in [5.74, 6) is -0.782. The van der Waals surface area contributed by atoms with Crippen LogP contribution in [0.25, 0.3) is 0 Å². The van der Waals surface area contributed by atoms with Gasteiger partial charge in [0.25, 0.3) is 0 Å². The summed E-state index contributed by atoms with van der Waals surface area (Å²) in [5, 5.41) is -0.606. The maximum absolute atomic E-state index is 11.9. The second-order valence-corrected chi connectivity index (χ2v) is 10.1. The Morgan fingerprint density at radius 3 is 2.15 bits per heavy atom. The highest BCUT2D eigenvalue weighted by atomic mass is 32.9. The number of ether oxygens (including phenoxy) is 2.